The zero-order valence-electron chi connectivity index (χ0n) is 15.4. The van der Waals surface area contributed by atoms with Gasteiger partial charge in [-0.3, -0.25) is 9.59 Å². The molecule has 29 heavy (non-hydrogen) atoms. The highest BCUT2D eigenvalue weighted by atomic mass is 32.2. The van der Waals surface area contributed by atoms with Gasteiger partial charge < -0.3 is 9.72 Å². The molecule has 0 spiro atoms. The summed E-state index contributed by atoms with van der Waals surface area (Å²) in [7, 11) is -4.09. The Kier molecular flexibility index (Phi) is 5.77. The summed E-state index contributed by atoms with van der Waals surface area (Å²) in [6, 6.07) is 14.6. The number of hydrogen-bond donors (Lipinski definition) is 2. The summed E-state index contributed by atoms with van der Waals surface area (Å²) in [6.45, 7) is 0.745. The van der Waals surface area contributed by atoms with Crippen molar-refractivity contribution in [2.24, 2.45) is 0 Å². The summed E-state index contributed by atoms with van der Waals surface area (Å²) in [5.41, 5.74) is 1.11. The first kappa shape index (κ1) is 20.3. The number of ketones is 1. The van der Waals surface area contributed by atoms with E-state index in [1.54, 1.807) is 24.4 Å². The average molecular weight is 411 g/mol. The van der Waals surface area contributed by atoms with Gasteiger partial charge in [0, 0.05) is 22.7 Å². The lowest BCUT2D eigenvalue weighted by Gasteiger charge is -2.13. The molecule has 0 saturated heterocycles. The fourth-order valence-corrected chi connectivity index (χ4v) is 3.94. The molecule has 0 aliphatic rings. The van der Waals surface area contributed by atoms with Crippen LogP contribution in [0, 0.1) is 11.3 Å². The minimum Gasteiger partial charge on any atom is -0.453 e. The third kappa shape index (κ3) is 4.34. The lowest BCUT2D eigenvalue weighted by atomic mass is 10.1. The predicted octanol–water partition coefficient (Wildman–Crippen LogP) is 2.13. The number of H-pyrrole nitrogens is 1. The molecule has 3 rings (SSSR count). The van der Waals surface area contributed by atoms with Gasteiger partial charge in [0.15, 0.2) is 6.10 Å². The molecular weight excluding hydrogens is 394 g/mol. The molecule has 0 fully saturated rings. The number of ether oxygens (including phenoxy) is 1. The lowest BCUT2D eigenvalue weighted by molar-refractivity contribution is -0.144. The summed E-state index contributed by atoms with van der Waals surface area (Å²) in [5.74, 6) is -1.32. The van der Waals surface area contributed by atoms with Gasteiger partial charge in [-0.2, -0.15) is 9.98 Å². The fourth-order valence-electron chi connectivity index (χ4n) is 2.81. The largest absolute Gasteiger partial charge is 0.453 e. The van der Waals surface area contributed by atoms with Gasteiger partial charge in [0.2, 0.25) is 15.8 Å². The number of carbonyl (C=O) groups excluding carboxylic acids is 2. The van der Waals surface area contributed by atoms with E-state index in [0.29, 0.717) is 10.9 Å². The summed E-state index contributed by atoms with van der Waals surface area (Å²) in [4.78, 5) is 27.4. The fraction of sp³-hybridized carbons (Fsp3) is 0.150. The Morgan fingerprint density at radius 3 is 2.62 bits per heavy atom. The van der Waals surface area contributed by atoms with Crippen LogP contribution in [0.1, 0.15) is 22.8 Å². The van der Waals surface area contributed by atoms with Gasteiger partial charge in [-0.15, -0.1) is 0 Å². The van der Waals surface area contributed by atoms with Crippen LogP contribution >= 0.6 is 0 Å². The average Bonchev–Trinajstić information content (AvgIpc) is 3.15. The molecule has 0 radical (unpaired) electrons. The second kappa shape index (κ2) is 8.26. The molecule has 9 heteroatoms. The minimum absolute atomic E-state index is 0.0451. The van der Waals surface area contributed by atoms with Crippen molar-refractivity contribution in [2.45, 2.75) is 17.9 Å². The van der Waals surface area contributed by atoms with Gasteiger partial charge in [0.25, 0.3) is 0 Å². The van der Waals surface area contributed by atoms with Gasteiger partial charge in [-0.25, -0.2) is 8.42 Å². The Morgan fingerprint density at radius 2 is 1.86 bits per heavy atom. The summed E-state index contributed by atoms with van der Waals surface area (Å²) in [5, 5.41) is 9.73. The van der Waals surface area contributed by atoms with Crippen LogP contribution in [0.3, 0.4) is 0 Å². The van der Waals surface area contributed by atoms with E-state index >= 15 is 0 Å². The molecule has 2 aromatic carbocycles. The minimum atomic E-state index is -4.09. The highest BCUT2D eigenvalue weighted by molar-refractivity contribution is 7.89. The van der Waals surface area contributed by atoms with Crippen LogP contribution in [0.4, 0.5) is 0 Å². The molecule has 0 aliphatic carbocycles. The molecule has 0 saturated carbocycles. The van der Waals surface area contributed by atoms with Crippen LogP contribution in [0.2, 0.25) is 0 Å². The van der Waals surface area contributed by atoms with E-state index in [4.69, 9.17) is 10.00 Å². The van der Waals surface area contributed by atoms with Crippen LogP contribution in [-0.4, -0.2) is 37.8 Å². The summed E-state index contributed by atoms with van der Waals surface area (Å²) >= 11 is 0. The van der Waals surface area contributed by atoms with Crippen molar-refractivity contribution in [1.29, 1.82) is 5.26 Å². The van der Waals surface area contributed by atoms with Gasteiger partial charge >= 0.3 is 5.97 Å². The number of aromatic amines is 1. The monoisotopic (exact) mass is 411 g/mol. The smallest absolute Gasteiger partial charge is 0.321 e. The predicted molar refractivity (Wildman–Crippen MR) is 105 cm³/mol. The van der Waals surface area contributed by atoms with Crippen LogP contribution in [0.25, 0.3) is 10.9 Å². The van der Waals surface area contributed by atoms with Crippen LogP contribution in [-0.2, 0) is 19.6 Å². The molecule has 2 N–H and O–H groups in total. The first-order valence-electron chi connectivity index (χ1n) is 8.62. The van der Waals surface area contributed by atoms with Crippen molar-refractivity contribution in [1.82, 2.24) is 9.71 Å². The first-order chi connectivity index (χ1) is 13.8. The number of nitriles is 1. The number of Topliss-reactive ketones (excluding diaryl/α,β-unsaturated/α-hetero) is 1. The second-order valence-electron chi connectivity index (χ2n) is 6.18. The van der Waals surface area contributed by atoms with Gasteiger partial charge in [0.1, 0.15) is 12.6 Å². The molecular formula is C20H17N3O5S. The number of nitrogens with zero attached hydrogens (tertiary/aromatic N) is 1. The van der Waals surface area contributed by atoms with Crippen molar-refractivity contribution >= 4 is 32.7 Å². The molecule has 148 valence electrons. The Balaban J connectivity index is 1.64. The highest BCUT2D eigenvalue weighted by Gasteiger charge is 2.24. The van der Waals surface area contributed by atoms with E-state index < -0.39 is 34.4 Å². The van der Waals surface area contributed by atoms with Gasteiger partial charge in [0.05, 0.1) is 10.5 Å². The second-order valence-corrected chi connectivity index (χ2v) is 7.91. The van der Waals surface area contributed by atoms with E-state index in [0.717, 1.165) is 5.52 Å². The number of nitrogens with one attached hydrogen (secondary N) is 2. The van der Waals surface area contributed by atoms with Crippen LogP contribution in [0.5, 0.6) is 0 Å². The topological polar surface area (TPSA) is 129 Å². The number of benzene rings is 2. The highest BCUT2D eigenvalue weighted by Crippen LogP contribution is 2.20. The molecule has 0 aliphatic heterocycles. The zero-order chi connectivity index (χ0) is 21.0. The molecule has 0 unspecified atom stereocenters. The molecule has 1 aromatic heterocycles. The Bertz CT molecular complexity index is 1220. The van der Waals surface area contributed by atoms with Crippen molar-refractivity contribution in [3.63, 3.8) is 0 Å². The number of hydrogen-bond acceptors (Lipinski definition) is 6. The molecule has 3 aromatic rings. The van der Waals surface area contributed by atoms with Crippen molar-refractivity contribution < 1.29 is 22.7 Å². The van der Waals surface area contributed by atoms with Gasteiger partial charge in [-0.1, -0.05) is 30.3 Å². The van der Waals surface area contributed by atoms with E-state index in [1.165, 1.54) is 31.2 Å². The van der Waals surface area contributed by atoms with E-state index in [-0.39, 0.29) is 10.5 Å². The number of aromatic nitrogens is 1. The maximum atomic E-state index is 12.6. The first-order valence-corrected chi connectivity index (χ1v) is 10.1. The SMILES string of the molecule is C[C@H](OC(=O)CNS(=O)(=O)c1ccccc1C#N)C(=O)c1c[nH]c2ccccc12. The molecule has 0 amide bonds. The third-order valence-electron chi connectivity index (χ3n) is 4.24. The number of rotatable bonds is 7. The van der Waals surface area contributed by atoms with E-state index in [9.17, 15) is 18.0 Å². The van der Waals surface area contributed by atoms with Crippen LogP contribution in [0.15, 0.2) is 59.6 Å². The number of fused-ring (bicyclic) bond motifs is 1. The maximum absolute atomic E-state index is 12.6. The summed E-state index contributed by atoms with van der Waals surface area (Å²) < 4.78 is 31.8. The Labute approximate surface area is 167 Å². The standard InChI is InChI=1S/C20H17N3O5S/c1-13(20(25)16-11-22-17-8-4-3-7-15(16)17)28-19(24)12-23-29(26,27)18-9-5-2-6-14(18)10-21/h2-9,11,13,22-23H,12H2,1H3/t13-/m0/s1. The van der Waals surface area contributed by atoms with Crippen molar-refractivity contribution in [3.8, 4) is 6.07 Å². The molecule has 0 bridgehead atoms. The molecule has 1 atom stereocenters. The van der Waals surface area contributed by atoms with Crippen LogP contribution < -0.4 is 4.72 Å². The third-order valence-corrected chi connectivity index (χ3v) is 5.70. The maximum Gasteiger partial charge on any atom is 0.321 e. The molecule has 8 nitrogen and oxygen atoms in total. The summed E-state index contributed by atoms with van der Waals surface area (Å²) in [6.07, 6.45) is 0.441. The van der Waals surface area contributed by atoms with Gasteiger partial charge in [-0.05, 0) is 25.1 Å². The quantitative estimate of drug-likeness (QED) is 0.453. The Hall–Kier alpha value is -3.48. The van der Waals surface area contributed by atoms with E-state index in [1.807, 2.05) is 12.1 Å². The number of esters is 1. The lowest BCUT2D eigenvalue weighted by Crippen LogP contribution is -2.34. The van der Waals surface area contributed by atoms with Crippen molar-refractivity contribution in [2.75, 3.05) is 6.54 Å². The molecule has 1 heterocycles. The normalized spacial score (nSPS) is 12.3. The van der Waals surface area contributed by atoms with E-state index in [2.05, 4.69) is 9.71 Å². The number of carbonyl (C=O) groups is 2. The number of sulfonamides is 1. The zero-order valence-corrected chi connectivity index (χ0v) is 16.2. The number of para-hydroxylation sites is 1. The Morgan fingerprint density at radius 1 is 1.17 bits per heavy atom. The van der Waals surface area contributed by atoms with Crippen molar-refractivity contribution in [3.05, 3.63) is 65.9 Å².